The lowest BCUT2D eigenvalue weighted by atomic mass is 10.1. The van der Waals surface area contributed by atoms with Gasteiger partial charge in [0.15, 0.2) is 0 Å². The zero-order valence-corrected chi connectivity index (χ0v) is 15.1. The van der Waals surface area contributed by atoms with Gasteiger partial charge in [0, 0.05) is 10.6 Å². The second kappa shape index (κ2) is 7.24. The molecule has 3 nitrogen and oxygen atoms in total. The summed E-state index contributed by atoms with van der Waals surface area (Å²) in [6, 6.07) is 18.3. The highest BCUT2D eigenvalue weighted by Crippen LogP contribution is 2.37. The molecule has 0 radical (unpaired) electrons. The van der Waals surface area contributed by atoms with Gasteiger partial charge in [0.05, 0.1) is 21.8 Å². The van der Waals surface area contributed by atoms with Crippen LogP contribution in [-0.2, 0) is 5.75 Å². The van der Waals surface area contributed by atoms with E-state index in [1.807, 2.05) is 30.3 Å². The van der Waals surface area contributed by atoms with E-state index >= 15 is 0 Å². The van der Waals surface area contributed by atoms with Gasteiger partial charge in [-0.2, -0.15) is 5.26 Å². The van der Waals surface area contributed by atoms with Crippen LogP contribution in [0.4, 0.5) is 4.39 Å². The minimum Gasteiger partial charge on any atom is -0.235 e. The summed E-state index contributed by atoms with van der Waals surface area (Å²) in [6.45, 7) is 0. The van der Waals surface area contributed by atoms with Crippen LogP contribution >= 0.6 is 23.1 Å². The average molecular weight is 377 g/mol. The standard InChI is InChI=1S/C20H12FN3S2/c21-16-7-5-13(6-8-16)18-9-17-19(26-18)20(24-12-23-17)25-11-15-4-2-1-3-14(15)10-22/h1-9,12H,11H2. The Morgan fingerprint density at radius 1 is 1.08 bits per heavy atom. The van der Waals surface area contributed by atoms with E-state index in [1.54, 1.807) is 41.6 Å². The number of fused-ring (bicyclic) bond motifs is 1. The molecule has 0 atom stereocenters. The van der Waals surface area contributed by atoms with Gasteiger partial charge in [-0.25, -0.2) is 14.4 Å². The van der Waals surface area contributed by atoms with E-state index in [0.29, 0.717) is 11.3 Å². The van der Waals surface area contributed by atoms with E-state index in [9.17, 15) is 9.65 Å². The molecule has 0 bridgehead atoms. The fraction of sp³-hybridized carbons (Fsp3) is 0.0500. The molecule has 26 heavy (non-hydrogen) atoms. The normalized spacial score (nSPS) is 10.8. The summed E-state index contributed by atoms with van der Waals surface area (Å²) in [4.78, 5) is 9.80. The van der Waals surface area contributed by atoms with Crippen molar-refractivity contribution < 1.29 is 4.39 Å². The lowest BCUT2D eigenvalue weighted by Gasteiger charge is -2.04. The summed E-state index contributed by atoms with van der Waals surface area (Å²) >= 11 is 3.19. The third kappa shape index (κ3) is 3.32. The summed E-state index contributed by atoms with van der Waals surface area (Å²) in [6.07, 6.45) is 1.56. The summed E-state index contributed by atoms with van der Waals surface area (Å²) in [5.41, 5.74) is 3.51. The van der Waals surface area contributed by atoms with Crippen molar-refractivity contribution in [2.75, 3.05) is 0 Å². The minimum absolute atomic E-state index is 0.248. The highest BCUT2D eigenvalue weighted by atomic mass is 32.2. The Bertz CT molecular complexity index is 1110. The molecule has 4 aromatic rings. The number of aromatic nitrogens is 2. The number of nitriles is 1. The van der Waals surface area contributed by atoms with Gasteiger partial charge >= 0.3 is 0 Å². The van der Waals surface area contributed by atoms with Crippen LogP contribution in [0.25, 0.3) is 20.7 Å². The molecule has 0 saturated heterocycles. The quantitative estimate of drug-likeness (QED) is 0.340. The molecular formula is C20H12FN3S2. The molecule has 2 aromatic heterocycles. The monoisotopic (exact) mass is 377 g/mol. The van der Waals surface area contributed by atoms with Crippen molar-refractivity contribution in [2.24, 2.45) is 0 Å². The van der Waals surface area contributed by atoms with Crippen LogP contribution in [0.5, 0.6) is 0 Å². The lowest BCUT2D eigenvalue weighted by molar-refractivity contribution is 0.628. The second-order valence-electron chi connectivity index (χ2n) is 5.57. The summed E-state index contributed by atoms with van der Waals surface area (Å²) in [7, 11) is 0. The van der Waals surface area contributed by atoms with E-state index in [1.165, 1.54) is 12.1 Å². The molecule has 6 heteroatoms. The molecular weight excluding hydrogens is 365 g/mol. The van der Waals surface area contributed by atoms with Gasteiger partial charge in [0.25, 0.3) is 0 Å². The molecule has 0 unspecified atom stereocenters. The van der Waals surface area contributed by atoms with Gasteiger partial charge in [-0.3, -0.25) is 0 Å². The number of hydrogen-bond acceptors (Lipinski definition) is 5. The predicted molar refractivity (Wildman–Crippen MR) is 104 cm³/mol. The average Bonchev–Trinajstić information content (AvgIpc) is 3.12. The fourth-order valence-corrected chi connectivity index (χ4v) is 4.80. The Hall–Kier alpha value is -2.75. The molecule has 0 aliphatic rings. The number of halogens is 1. The summed E-state index contributed by atoms with van der Waals surface area (Å²) in [5, 5.41) is 10.1. The lowest BCUT2D eigenvalue weighted by Crippen LogP contribution is -1.88. The van der Waals surface area contributed by atoms with Gasteiger partial charge in [0.1, 0.15) is 17.2 Å². The maximum atomic E-state index is 13.1. The fourth-order valence-electron chi connectivity index (χ4n) is 2.59. The Labute approximate surface area is 158 Å². The van der Waals surface area contributed by atoms with Crippen LogP contribution in [-0.4, -0.2) is 9.97 Å². The number of thiophene rings is 1. The molecule has 0 aliphatic carbocycles. The van der Waals surface area contributed by atoms with Gasteiger partial charge in [-0.1, -0.05) is 30.3 Å². The topological polar surface area (TPSA) is 49.6 Å². The van der Waals surface area contributed by atoms with Crippen molar-refractivity contribution in [2.45, 2.75) is 10.8 Å². The first-order chi connectivity index (χ1) is 12.7. The third-order valence-corrected chi connectivity index (χ3v) is 6.26. The zero-order chi connectivity index (χ0) is 17.9. The number of hydrogen-bond donors (Lipinski definition) is 0. The number of rotatable bonds is 4. The van der Waals surface area contributed by atoms with Crippen molar-refractivity contribution in [3.05, 3.63) is 77.9 Å². The number of thioether (sulfide) groups is 1. The molecule has 0 aliphatic heterocycles. The highest BCUT2D eigenvalue weighted by Gasteiger charge is 2.12. The van der Waals surface area contributed by atoms with Crippen molar-refractivity contribution in [1.82, 2.24) is 9.97 Å². The number of nitrogens with zero attached hydrogens (tertiary/aromatic N) is 3. The Kier molecular flexibility index (Phi) is 4.65. The van der Waals surface area contributed by atoms with Gasteiger partial charge in [-0.05, 0) is 35.4 Å². The van der Waals surface area contributed by atoms with E-state index in [-0.39, 0.29) is 5.82 Å². The Balaban J connectivity index is 1.66. The first-order valence-electron chi connectivity index (χ1n) is 7.86. The van der Waals surface area contributed by atoms with E-state index in [0.717, 1.165) is 31.2 Å². The number of benzene rings is 2. The molecule has 0 saturated carbocycles. The summed E-state index contributed by atoms with van der Waals surface area (Å²) in [5.74, 6) is 0.418. The van der Waals surface area contributed by atoms with Crippen LogP contribution in [0, 0.1) is 17.1 Å². The Morgan fingerprint density at radius 2 is 1.88 bits per heavy atom. The first-order valence-corrected chi connectivity index (χ1v) is 9.66. The van der Waals surface area contributed by atoms with Gasteiger partial charge in [0.2, 0.25) is 0 Å². The van der Waals surface area contributed by atoms with Crippen LogP contribution in [0.1, 0.15) is 11.1 Å². The molecule has 0 N–H and O–H groups in total. The molecule has 2 aromatic carbocycles. The van der Waals surface area contributed by atoms with Crippen LogP contribution < -0.4 is 0 Å². The first kappa shape index (κ1) is 16.7. The maximum Gasteiger partial charge on any atom is 0.123 e. The van der Waals surface area contributed by atoms with Crippen molar-refractivity contribution in [3.8, 4) is 16.5 Å². The van der Waals surface area contributed by atoms with Crippen molar-refractivity contribution in [1.29, 1.82) is 5.26 Å². The van der Waals surface area contributed by atoms with Crippen molar-refractivity contribution in [3.63, 3.8) is 0 Å². The van der Waals surface area contributed by atoms with Gasteiger partial charge < -0.3 is 0 Å². The molecule has 126 valence electrons. The highest BCUT2D eigenvalue weighted by molar-refractivity contribution is 7.98. The largest absolute Gasteiger partial charge is 0.235 e. The Morgan fingerprint density at radius 3 is 2.69 bits per heavy atom. The second-order valence-corrected chi connectivity index (χ2v) is 7.58. The van der Waals surface area contributed by atoms with E-state index in [2.05, 4.69) is 16.0 Å². The molecule has 0 fully saturated rings. The minimum atomic E-state index is -0.248. The molecule has 4 rings (SSSR count). The molecule has 0 spiro atoms. The van der Waals surface area contributed by atoms with Gasteiger partial charge in [-0.15, -0.1) is 23.1 Å². The maximum absolute atomic E-state index is 13.1. The smallest absolute Gasteiger partial charge is 0.123 e. The predicted octanol–water partition coefficient (Wildman–Crippen LogP) is 5.66. The van der Waals surface area contributed by atoms with E-state index < -0.39 is 0 Å². The van der Waals surface area contributed by atoms with E-state index in [4.69, 9.17) is 0 Å². The van der Waals surface area contributed by atoms with Crippen molar-refractivity contribution >= 4 is 33.3 Å². The third-order valence-electron chi connectivity index (χ3n) is 3.91. The van der Waals surface area contributed by atoms with Crippen LogP contribution in [0.15, 0.2) is 66.0 Å². The SMILES string of the molecule is N#Cc1ccccc1CSc1ncnc2cc(-c3ccc(F)cc3)sc12. The summed E-state index contributed by atoms with van der Waals surface area (Å²) < 4.78 is 14.2. The van der Waals surface area contributed by atoms with Crippen LogP contribution in [0.2, 0.25) is 0 Å². The molecule has 0 amide bonds. The van der Waals surface area contributed by atoms with Crippen LogP contribution in [0.3, 0.4) is 0 Å². The molecule has 2 heterocycles. The zero-order valence-electron chi connectivity index (χ0n) is 13.5.